The monoisotopic (exact) mass is 195 g/mol. The molecule has 0 aromatic rings. The quantitative estimate of drug-likeness (QED) is 0.520. The third-order valence-corrected chi connectivity index (χ3v) is 2.15. The van der Waals surface area contributed by atoms with Crippen molar-refractivity contribution in [3.8, 4) is 12.3 Å². The lowest BCUT2D eigenvalue weighted by molar-refractivity contribution is 0.712. The molecule has 0 unspecified atom stereocenters. The van der Waals surface area contributed by atoms with Gasteiger partial charge in [0.1, 0.15) is 18.5 Å². The summed E-state index contributed by atoms with van der Waals surface area (Å²) in [7, 11) is 0. The van der Waals surface area contributed by atoms with Crippen LogP contribution in [-0.4, -0.2) is 29.4 Å². The smallest absolute Gasteiger partial charge is 0.240 e. The first-order valence-electron chi connectivity index (χ1n) is 4.30. The Morgan fingerprint density at radius 1 is 1.13 bits per heavy atom. The molecular formula is C10H5N5. The number of nitrogens with zero attached hydrogens (tertiary/aromatic N) is 5. The largest absolute Gasteiger partial charge is 0.245 e. The van der Waals surface area contributed by atoms with Gasteiger partial charge in [-0.2, -0.15) is 0 Å². The van der Waals surface area contributed by atoms with Crippen molar-refractivity contribution in [2.45, 2.75) is 0 Å². The zero-order valence-electron chi connectivity index (χ0n) is 7.62. The number of amidine groups is 1. The molecule has 0 aliphatic carbocycles. The molecule has 0 aromatic carbocycles. The fraction of sp³-hybridized carbons (Fsp3) is 0. The first kappa shape index (κ1) is 7.88. The van der Waals surface area contributed by atoms with E-state index in [0.29, 0.717) is 17.4 Å². The molecule has 0 spiro atoms. The summed E-state index contributed by atoms with van der Waals surface area (Å²) in [5.74, 6) is 4.50. The maximum absolute atomic E-state index is 5.38. The molecule has 0 amide bonds. The van der Waals surface area contributed by atoms with Gasteiger partial charge in [0.2, 0.25) is 5.96 Å². The van der Waals surface area contributed by atoms with E-state index in [4.69, 9.17) is 6.42 Å². The van der Waals surface area contributed by atoms with Crippen LogP contribution in [0.1, 0.15) is 0 Å². The van der Waals surface area contributed by atoms with E-state index in [1.54, 1.807) is 4.90 Å². The first-order valence-corrected chi connectivity index (χ1v) is 4.30. The lowest BCUT2D eigenvalue weighted by Crippen LogP contribution is -2.40. The van der Waals surface area contributed by atoms with Gasteiger partial charge in [0, 0.05) is 0 Å². The number of hydrogen-bond donors (Lipinski definition) is 0. The molecule has 3 rings (SSSR count). The second kappa shape index (κ2) is 2.75. The maximum atomic E-state index is 5.38. The highest BCUT2D eigenvalue weighted by Crippen LogP contribution is 2.22. The Bertz CT molecular complexity index is 551. The lowest BCUT2D eigenvalue weighted by atomic mass is 10.1. The van der Waals surface area contributed by atoms with Gasteiger partial charge in [0.15, 0.2) is 5.84 Å². The van der Waals surface area contributed by atoms with Crippen molar-refractivity contribution in [1.82, 2.24) is 4.90 Å². The molecule has 0 saturated carbocycles. The van der Waals surface area contributed by atoms with E-state index in [0.717, 1.165) is 5.82 Å². The Morgan fingerprint density at radius 3 is 2.87 bits per heavy atom. The van der Waals surface area contributed by atoms with Crippen LogP contribution in [0.2, 0.25) is 0 Å². The number of hydrogen-bond acceptors (Lipinski definition) is 5. The Morgan fingerprint density at radius 2 is 2.00 bits per heavy atom. The van der Waals surface area contributed by atoms with Gasteiger partial charge in [-0.25, -0.2) is 24.9 Å². The van der Waals surface area contributed by atoms with Crippen molar-refractivity contribution in [2.75, 3.05) is 0 Å². The minimum absolute atomic E-state index is 0.544. The van der Waals surface area contributed by atoms with Gasteiger partial charge in [0.25, 0.3) is 0 Å². The van der Waals surface area contributed by atoms with E-state index >= 15 is 0 Å². The van der Waals surface area contributed by atoms with Gasteiger partial charge in [-0.3, -0.25) is 0 Å². The van der Waals surface area contributed by atoms with Crippen LogP contribution >= 0.6 is 0 Å². The predicted molar refractivity (Wildman–Crippen MR) is 58.7 cm³/mol. The Balaban J connectivity index is 2.24. The third-order valence-electron chi connectivity index (χ3n) is 2.15. The van der Waals surface area contributed by atoms with Crippen LogP contribution in [0, 0.1) is 12.3 Å². The van der Waals surface area contributed by atoms with Gasteiger partial charge in [-0.15, -0.1) is 6.42 Å². The topological polar surface area (TPSA) is 52.7 Å². The first-order chi connectivity index (χ1) is 7.40. The number of rotatable bonds is 0. The summed E-state index contributed by atoms with van der Waals surface area (Å²) in [5.41, 5.74) is 0.703. The van der Waals surface area contributed by atoms with Crippen molar-refractivity contribution in [3.63, 3.8) is 0 Å². The minimum Gasteiger partial charge on any atom is -0.245 e. The fourth-order valence-corrected chi connectivity index (χ4v) is 1.50. The summed E-state index contributed by atoms with van der Waals surface area (Å²) in [5, 5.41) is 0. The van der Waals surface area contributed by atoms with E-state index in [9.17, 15) is 0 Å². The van der Waals surface area contributed by atoms with Crippen LogP contribution in [0.15, 0.2) is 43.5 Å². The average molecular weight is 195 g/mol. The second-order valence-corrected chi connectivity index (χ2v) is 2.96. The minimum atomic E-state index is 0.544. The van der Waals surface area contributed by atoms with Crippen LogP contribution in [0.5, 0.6) is 0 Å². The molecule has 5 nitrogen and oxygen atoms in total. The predicted octanol–water partition coefficient (Wildman–Crippen LogP) is 0.541. The molecule has 15 heavy (non-hydrogen) atoms. The molecule has 0 aromatic heterocycles. The van der Waals surface area contributed by atoms with Crippen LogP contribution in [0.25, 0.3) is 0 Å². The third kappa shape index (κ3) is 0.987. The van der Waals surface area contributed by atoms with Crippen LogP contribution in [0.3, 0.4) is 0 Å². The van der Waals surface area contributed by atoms with E-state index in [2.05, 4.69) is 25.9 Å². The molecule has 3 heterocycles. The number of allylic oxidation sites excluding steroid dienone is 2. The molecular weight excluding hydrogens is 190 g/mol. The number of aliphatic imine (C=N–C) groups is 4. The van der Waals surface area contributed by atoms with Crippen molar-refractivity contribution < 1.29 is 0 Å². The zero-order chi connectivity index (χ0) is 10.3. The Hall–Kier alpha value is -2.48. The molecule has 70 valence electrons. The summed E-state index contributed by atoms with van der Waals surface area (Å²) in [4.78, 5) is 18.0. The molecule has 0 atom stereocenters. The van der Waals surface area contributed by atoms with Crippen molar-refractivity contribution in [3.05, 3.63) is 23.5 Å². The normalized spacial score (nSPS) is 20.9. The van der Waals surface area contributed by atoms with E-state index < -0.39 is 0 Å². The molecule has 0 bridgehead atoms. The van der Waals surface area contributed by atoms with Crippen molar-refractivity contribution in [2.24, 2.45) is 20.0 Å². The van der Waals surface area contributed by atoms with Gasteiger partial charge < -0.3 is 0 Å². The van der Waals surface area contributed by atoms with Gasteiger partial charge in [-0.05, 0) is 12.2 Å². The molecule has 0 radical (unpaired) electrons. The highest BCUT2D eigenvalue weighted by atomic mass is 15.4. The van der Waals surface area contributed by atoms with Crippen molar-refractivity contribution in [1.29, 1.82) is 0 Å². The highest BCUT2D eigenvalue weighted by molar-refractivity contribution is 6.20. The molecule has 0 fully saturated rings. The molecule has 0 N–H and O–H groups in total. The average Bonchev–Trinajstić information content (AvgIpc) is 2.30. The molecule has 0 saturated heterocycles. The van der Waals surface area contributed by atoms with Crippen LogP contribution in [0.4, 0.5) is 0 Å². The Labute approximate surface area is 86.0 Å². The summed E-state index contributed by atoms with van der Waals surface area (Å²) in [6, 6.07) is 0. The highest BCUT2D eigenvalue weighted by Gasteiger charge is 2.29. The van der Waals surface area contributed by atoms with E-state index in [1.807, 2.05) is 12.2 Å². The summed E-state index contributed by atoms with van der Waals surface area (Å²) in [6.45, 7) is 0. The maximum Gasteiger partial charge on any atom is 0.240 e. The van der Waals surface area contributed by atoms with Crippen LogP contribution in [-0.2, 0) is 0 Å². The fourth-order valence-electron chi connectivity index (χ4n) is 1.50. The second-order valence-electron chi connectivity index (χ2n) is 2.96. The molecule has 3 aliphatic rings. The summed E-state index contributed by atoms with van der Waals surface area (Å²) >= 11 is 0. The summed E-state index contributed by atoms with van der Waals surface area (Å²) in [6.07, 6.45) is 11.9. The molecule has 3 aliphatic heterocycles. The number of guanidine groups is 1. The zero-order valence-corrected chi connectivity index (χ0v) is 7.62. The van der Waals surface area contributed by atoms with Crippen LogP contribution < -0.4 is 0 Å². The van der Waals surface area contributed by atoms with E-state index in [1.165, 1.54) is 12.7 Å². The lowest BCUT2D eigenvalue weighted by Gasteiger charge is -2.29. The van der Waals surface area contributed by atoms with Gasteiger partial charge in [0.05, 0.1) is 5.57 Å². The van der Waals surface area contributed by atoms with Gasteiger partial charge >= 0.3 is 0 Å². The summed E-state index contributed by atoms with van der Waals surface area (Å²) < 4.78 is 0. The SMILES string of the molecule is C#CC1=CC=C2N=CN=C3N=CN=C1N23. The van der Waals surface area contributed by atoms with Gasteiger partial charge in [-0.1, -0.05) is 5.92 Å². The number of terminal acetylenes is 1. The standard InChI is InChI=1S/C10H5N5/c1-2-7-3-4-8-11-5-13-10-14-6-12-9(7)15(8)10/h1,3-6H. The van der Waals surface area contributed by atoms with Crippen molar-refractivity contribution >= 4 is 24.5 Å². The van der Waals surface area contributed by atoms with E-state index in [-0.39, 0.29) is 0 Å². The Kier molecular flexibility index (Phi) is 1.45. The molecule has 5 heteroatoms.